The molecule has 3 rings (SSSR count). The average molecular weight is 335 g/mol. The Morgan fingerprint density at radius 1 is 1.08 bits per heavy atom. The second-order valence-electron chi connectivity index (χ2n) is 5.17. The predicted octanol–water partition coefficient (Wildman–Crippen LogP) is 4.29. The minimum absolute atomic E-state index is 0.0679. The fourth-order valence-electron chi connectivity index (χ4n) is 2.58. The molecular formula is C17H12F3NO3. The van der Waals surface area contributed by atoms with Gasteiger partial charge in [-0.05, 0) is 29.8 Å². The fourth-order valence-corrected chi connectivity index (χ4v) is 2.58. The molecule has 0 radical (unpaired) electrons. The van der Waals surface area contributed by atoms with Gasteiger partial charge in [0.05, 0.1) is 0 Å². The summed E-state index contributed by atoms with van der Waals surface area (Å²) >= 11 is 0. The van der Waals surface area contributed by atoms with E-state index in [1.165, 1.54) is 24.3 Å². The van der Waals surface area contributed by atoms with Crippen LogP contribution in [0.4, 0.5) is 13.2 Å². The Balaban J connectivity index is 1.99. The fraction of sp³-hybridized carbons (Fsp3) is 0.118. The maximum Gasteiger partial charge on any atom is 0.573 e. The number of carboxylic acids is 1. The number of alkyl halides is 3. The molecule has 1 N–H and O–H groups in total. The van der Waals surface area contributed by atoms with Gasteiger partial charge in [-0.1, -0.05) is 30.3 Å². The Kier molecular flexibility index (Phi) is 3.92. The van der Waals surface area contributed by atoms with Gasteiger partial charge in [0.2, 0.25) is 0 Å². The summed E-state index contributed by atoms with van der Waals surface area (Å²) in [4.78, 5) is 11.4. The van der Waals surface area contributed by atoms with E-state index in [0.717, 1.165) is 5.39 Å². The van der Waals surface area contributed by atoms with Crippen LogP contribution in [-0.2, 0) is 6.54 Å². The van der Waals surface area contributed by atoms with Crippen molar-refractivity contribution in [3.63, 3.8) is 0 Å². The average Bonchev–Trinajstić information content (AvgIpc) is 2.85. The van der Waals surface area contributed by atoms with E-state index in [1.54, 1.807) is 34.9 Å². The van der Waals surface area contributed by atoms with Crippen LogP contribution in [0.15, 0.2) is 54.6 Å². The summed E-state index contributed by atoms with van der Waals surface area (Å²) in [5.41, 5.74) is 1.26. The molecule has 0 bridgehead atoms. The number of carbonyl (C=O) groups is 1. The van der Waals surface area contributed by atoms with Crippen molar-refractivity contribution in [2.45, 2.75) is 12.9 Å². The van der Waals surface area contributed by atoms with Crippen LogP contribution in [0.25, 0.3) is 10.9 Å². The molecule has 0 aliphatic heterocycles. The maximum atomic E-state index is 12.3. The topological polar surface area (TPSA) is 51.5 Å². The molecule has 24 heavy (non-hydrogen) atoms. The summed E-state index contributed by atoms with van der Waals surface area (Å²) in [6.45, 7) is 0.115. The van der Waals surface area contributed by atoms with Crippen LogP contribution >= 0.6 is 0 Å². The van der Waals surface area contributed by atoms with E-state index in [-0.39, 0.29) is 18.0 Å². The number of nitrogens with zero attached hydrogens (tertiary/aromatic N) is 1. The number of hydrogen-bond donors (Lipinski definition) is 1. The van der Waals surface area contributed by atoms with Crippen molar-refractivity contribution in [3.05, 3.63) is 65.9 Å². The van der Waals surface area contributed by atoms with Gasteiger partial charge < -0.3 is 14.4 Å². The Labute approximate surface area is 134 Å². The molecule has 124 valence electrons. The van der Waals surface area contributed by atoms with E-state index in [9.17, 15) is 23.1 Å². The second kappa shape index (κ2) is 5.92. The number of aromatic nitrogens is 1. The van der Waals surface area contributed by atoms with Crippen LogP contribution in [0.2, 0.25) is 0 Å². The van der Waals surface area contributed by atoms with E-state index >= 15 is 0 Å². The Hall–Kier alpha value is -2.96. The molecular weight excluding hydrogens is 323 g/mol. The second-order valence-corrected chi connectivity index (χ2v) is 5.17. The molecule has 4 nitrogen and oxygen atoms in total. The molecule has 0 aliphatic carbocycles. The predicted molar refractivity (Wildman–Crippen MR) is 81.1 cm³/mol. The number of aromatic carboxylic acids is 1. The zero-order valence-corrected chi connectivity index (χ0v) is 12.2. The van der Waals surface area contributed by atoms with Gasteiger partial charge in [0.15, 0.2) is 0 Å². The highest BCUT2D eigenvalue weighted by atomic mass is 19.4. The normalized spacial score (nSPS) is 11.6. The smallest absolute Gasteiger partial charge is 0.477 e. The lowest BCUT2D eigenvalue weighted by Gasteiger charge is -2.12. The molecule has 7 heteroatoms. The van der Waals surface area contributed by atoms with Crippen LogP contribution in [0.1, 0.15) is 16.1 Å². The van der Waals surface area contributed by atoms with Gasteiger partial charge in [0.1, 0.15) is 11.4 Å². The monoisotopic (exact) mass is 335 g/mol. The lowest BCUT2D eigenvalue weighted by atomic mass is 10.2. The molecule has 0 saturated carbocycles. The number of ether oxygens (including phenoxy) is 1. The summed E-state index contributed by atoms with van der Waals surface area (Å²) in [7, 11) is 0. The van der Waals surface area contributed by atoms with E-state index < -0.39 is 12.3 Å². The molecule has 1 aromatic heterocycles. The van der Waals surface area contributed by atoms with Crippen molar-refractivity contribution < 1.29 is 27.8 Å². The van der Waals surface area contributed by atoms with Crippen LogP contribution in [-0.4, -0.2) is 22.0 Å². The van der Waals surface area contributed by atoms with Crippen molar-refractivity contribution in [1.29, 1.82) is 0 Å². The Morgan fingerprint density at radius 3 is 2.54 bits per heavy atom. The number of halogens is 3. The van der Waals surface area contributed by atoms with E-state index in [0.29, 0.717) is 11.1 Å². The van der Waals surface area contributed by atoms with Gasteiger partial charge in [0, 0.05) is 17.4 Å². The van der Waals surface area contributed by atoms with Crippen molar-refractivity contribution >= 4 is 16.9 Å². The van der Waals surface area contributed by atoms with Crippen molar-refractivity contribution in [1.82, 2.24) is 4.57 Å². The molecule has 0 aliphatic rings. The maximum absolute atomic E-state index is 12.3. The van der Waals surface area contributed by atoms with Crippen molar-refractivity contribution in [3.8, 4) is 5.75 Å². The highest BCUT2D eigenvalue weighted by Crippen LogP contribution is 2.25. The highest BCUT2D eigenvalue weighted by Gasteiger charge is 2.31. The minimum atomic E-state index is -4.77. The molecule has 2 aromatic carbocycles. The molecule has 0 amide bonds. The Morgan fingerprint density at radius 2 is 1.83 bits per heavy atom. The minimum Gasteiger partial charge on any atom is -0.477 e. The van der Waals surface area contributed by atoms with Gasteiger partial charge in [0.25, 0.3) is 0 Å². The van der Waals surface area contributed by atoms with E-state index in [4.69, 9.17) is 0 Å². The largest absolute Gasteiger partial charge is 0.573 e. The number of rotatable bonds is 4. The first-order valence-electron chi connectivity index (χ1n) is 7.00. The van der Waals surface area contributed by atoms with Crippen molar-refractivity contribution in [2.75, 3.05) is 0 Å². The van der Waals surface area contributed by atoms with Gasteiger partial charge >= 0.3 is 12.3 Å². The van der Waals surface area contributed by atoms with Crippen LogP contribution in [0.5, 0.6) is 5.75 Å². The third kappa shape index (κ3) is 3.34. The summed E-state index contributed by atoms with van der Waals surface area (Å²) < 4.78 is 42.4. The van der Waals surface area contributed by atoms with Gasteiger partial charge in [-0.25, -0.2) is 4.79 Å². The summed E-state index contributed by atoms with van der Waals surface area (Å²) in [6, 6.07) is 14.1. The van der Waals surface area contributed by atoms with Gasteiger partial charge in [-0.15, -0.1) is 13.2 Å². The highest BCUT2D eigenvalue weighted by molar-refractivity contribution is 5.94. The van der Waals surface area contributed by atoms with E-state index in [2.05, 4.69) is 4.74 Å². The first-order chi connectivity index (χ1) is 11.3. The first-order valence-corrected chi connectivity index (χ1v) is 7.00. The summed E-state index contributed by atoms with van der Waals surface area (Å²) in [6.07, 6.45) is -4.77. The number of carboxylic acid groups (broad SMARTS) is 1. The lowest BCUT2D eigenvalue weighted by molar-refractivity contribution is -0.274. The first kappa shape index (κ1) is 15.9. The third-order valence-corrected chi connectivity index (χ3v) is 3.50. The number of para-hydroxylation sites is 1. The standard InChI is InChI=1S/C17H12F3NO3/c18-17(19,20)24-13-6-3-4-11(8-13)10-21-14-7-2-1-5-12(14)9-15(21)16(22)23/h1-9H,10H2,(H,22,23). The summed E-state index contributed by atoms with van der Waals surface area (Å²) in [5, 5.41) is 10.1. The lowest BCUT2D eigenvalue weighted by Crippen LogP contribution is -2.17. The quantitative estimate of drug-likeness (QED) is 0.774. The zero-order valence-electron chi connectivity index (χ0n) is 12.2. The third-order valence-electron chi connectivity index (χ3n) is 3.50. The van der Waals surface area contributed by atoms with Gasteiger partial charge in [-0.2, -0.15) is 0 Å². The van der Waals surface area contributed by atoms with Crippen LogP contribution < -0.4 is 4.74 Å². The van der Waals surface area contributed by atoms with Crippen LogP contribution in [0, 0.1) is 0 Å². The molecule has 0 unspecified atom stereocenters. The SMILES string of the molecule is O=C(O)c1cc2ccccc2n1Cc1cccc(OC(F)(F)F)c1. The summed E-state index contributed by atoms with van der Waals surface area (Å²) in [5.74, 6) is -1.44. The van der Waals surface area contributed by atoms with Crippen LogP contribution in [0.3, 0.4) is 0 Å². The van der Waals surface area contributed by atoms with Crippen molar-refractivity contribution in [2.24, 2.45) is 0 Å². The molecule has 0 atom stereocenters. The number of benzene rings is 2. The number of hydrogen-bond acceptors (Lipinski definition) is 2. The number of fused-ring (bicyclic) bond motifs is 1. The van der Waals surface area contributed by atoms with Gasteiger partial charge in [-0.3, -0.25) is 0 Å². The Bertz CT molecular complexity index is 899. The van der Waals surface area contributed by atoms with E-state index in [1.807, 2.05) is 0 Å². The zero-order chi connectivity index (χ0) is 17.3. The molecule has 3 aromatic rings. The molecule has 0 saturated heterocycles. The molecule has 0 fully saturated rings. The molecule has 0 spiro atoms. The molecule has 1 heterocycles.